The van der Waals surface area contributed by atoms with Gasteiger partial charge in [0.15, 0.2) is 0 Å². The summed E-state index contributed by atoms with van der Waals surface area (Å²) in [5.74, 6) is 11.2. The van der Waals surface area contributed by atoms with Crippen LogP contribution < -0.4 is 0 Å². The predicted octanol–water partition coefficient (Wildman–Crippen LogP) is 3.58. The second-order valence-corrected chi connectivity index (χ2v) is 4.53. The largest absolute Gasteiger partial charge is 0.462 e. The zero-order valence-electron chi connectivity index (χ0n) is 12.9. The third kappa shape index (κ3) is 5.58. The highest BCUT2D eigenvalue weighted by molar-refractivity contribution is 5.94. The highest BCUT2D eigenvalue weighted by Crippen LogP contribution is 2.01. The number of allylic oxidation sites excluding steroid dienone is 1. The number of esters is 1. The topological polar surface area (TPSA) is 26.3 Å². The summed E-state index contributed by atoms with van der Waals surface area (Å²) in [6.07, 6.45) is 1.50. The van der Waals surface area contributed by atoms with E-state index in [9.17, 15) is 4.79 Å². The molecule has 2 aromatic rings. The number of hydrogen-bond donors (Lipinski definition) is 0. The van der Waals surface area contributed by atoms with Crippen LogP contribution >= 0.6 is 0 Å². The summed E-state index contributed by atoms with van der Waals surface area (Å²) in [5, 5.41) is 0. The first-order valence-corrected chi connectivity index (χ1v) is 7.30. The first-order valence-electron chi connectivity index (χ1n) is 7.30. The van der Waals surface area contributed by atoms with Crippen molar-refractivity contribution in [1.82, 2.24) is 0 Å². The molecule has 2 heteroatoms. The van der Waals surface area contributed by atoms with Crippen LogP contribution in [0.4, 0.5) is 0 Å². The second-order valence-electron chi connectivity index (χ2n) is 4.53. The van der Waals surface area contributed by atoms with Gasteiger partial charge in [-0.2, -0.15) is 0 Å². The zero-order chi connectivity index (χ0) is 16.3. The third-order valence-electron chi connectivity index (χ3n) is 2.82. The molecule has 0 spiro atoms. The van der Waals surface area contributed by atoms with Crippen LogP contribution in [0.2, 0.25) is 0 Å². The quantitative estimate of drug-likeness (QED) is 0.481. The molecule has 0 aliphatic heterocycles. The molecule has 0 bridgehead atoms. The monoisotopic (exact) mass is 300 g/mol. The first-order chi connectivity index (χ1) is 11.3. The van der Waals surface area contributed by atoms with Crippen LogP contribution in [-0.4, -0.2) is 12.6 Å². The predicted molar refractivity (Wildman–Crippen MR) is 91.4 cm³/mol. The van der Waals surface area contributed by atoms with Crippen LogP contribution in [-0.2, 0) is 9.53 Å². The molecule has 112 valence electrons. The smallest absolute Gasteiger partial charge is 0.347 e. The Labute approximate surface area is 136 Å². The van der Waals surface area contributed by atoms with Crippen molar-refractivity contribution in [3.8, 4) is 23.7 Å². The third-order valence-corrected chi connectivity index (χ3v) is 2.82. The van der Waals surface area contributed by atoms with Crippen molar-refractivity contribution >= 4 is 5.97 Å². The fraction of sp³-hybridized carbons (Fsp3) is 0.0952. The molecule has 0 aromatic heterocycles. The minimum Gasteiger partial charge on any atom is -0.462 e. The highest BCUT2D eigenvalue weighted by atomic mass is 16.5. The summed E-state index contributed by atoms with van der Waals surface area (Å²) in [6, 6.07) is 19.0. The maximum atomic E-state index is 11.9. The van der Waals surface area contributed by atoms with E-state index in [1.165, 1.54) is 6.08 Å². The van der Waals surface area contributed by atoms with Crippen LogP contribution in [0.5, 0.6) is 0 Å². The molecule has 0 radical (unpaired) electrons. The van der Waals surface area contributed by atoms with Crippen LogP contribution in [0.15, 0.2) is 72.3 Å². The summed E-state index contributed by atoms with van der Waals surface area (Å²) in [5.41, 5.74) is 1.96. The van der Waals surface area contributed by atoms with Gasteiger partial charge in [-0.05, 0) is 31.2 Å². The van der Waals surface area contributed by atoms with E-state index in [4.69, 9.17) is 4.74 Å². The van der Waals surface area contributed by atoms with Crippen molar-refractivity contribution in [3.63, 3.8) is 0 Å². The average Bonchev–Trinajstić information content (AvgIpc) is 2.60. The summed E-state index contributed by atoms with van der Waals surface area (Å²) in [7, 11) is 0. The summed E-state index contributed by atoms with van der Waals surface area (Å²) in [6.45, 7) is 2.06. The Bertz CT molecular complexity index is 795. The van der Waals surface area contributed by atoms with Crippen molar-refractivity contribution in [2.45, 2.75) is 6.92 Å². The molecule has 2 nitrogen and oxygen atoms in total. The lowest BCUT2D eigenvalue weighted by molar-refractivity contribution is -0.137. The zero-order valence-corrected chi connectivity index (χ0v) is 12.9. The molecule has 0 fully saturated rings. The van der Waals surface area contributed by atoms with Gasteiger partial charge in [-0.25, -0.2) is 4.79 Å². The minimum atomic E-state index is -0.460. The van der Waals surface area contributed by atoms with E-state index >= 15 is 0 Å². The lowest BCUT2D eigenvalue weighted by atomic mass is 10.2. The Balaban J connectivity index is 2.25. The van der Waals surface area contributed by atoms with E-state index in [0.29, 0.717) is 6.61 Å². The van der Waals surface area contributed by atoms with E-state index < -0.39 is 5.97 Å². The van der Waals surface area contributed by atoms with Crippen molar-refractivity contribution in [1.29, 1.82) is 0 Å². The summed E-state index contributed by atoms with van der Waals surface area (Å²) < 4.78 is 5.02. The van der Waals surface area contributed by atoms with Gasteiger partial charge in [0.1, 0.15) is 5.57 Å². The van der Waals surface area contributed by atoms with E-state index in [2.05, 4.69) is 23.7 Å². The van der Waals surface area contributed by atoms with E-state index in [-0.39, 0.29) is 5.57 Å². The molecular weight excluding hydrogens is 284 g/mol. The Hall–Kier alpha value is -3.23. The van der Waals surface area contributed by atoms with Gasteiger partial charge < -0.3 is 4.74 Å². The molecular formula is C21H16O2. The fourth-order valence-electron chi connectivity index (χ4n) is 1.73. The Morgan fingerprint density at radius 1 is 0.957 bits per heavy atom. The molecule has 0 N–H and O–H groups in total. The number of ether oxygens (including phenoxy) is 1. The van der Waals surface area contributed by atoms with Gasteiger partial charge in [-0.3, -0.25) is 0 Å². The van der Waals surface area contributed by atoms with Gasteiger partial charge in [-0.15, -0.1) is 0 Å². The average molecular weight is 300 g/mol. The minimum absolute atomic E-state index is 0.249. The highest BCUT2D eigenvalue weighted by Gasteiger charge is 2.06. The van der Waals surface area contributed by atoms with Gasteiger partial charge >= 0.3 is 5.97 Å². The molecule has 23 heavy (non-hydrogen) atoms. The van der Waals surface area contributed by atoms with Gasteiger partial charge in [-0.1, -0.05) is 60.1 Å². The van der Waals surface area contributed by atoms with Gasteiger partial charge in [0, 0.05) is 17.2 Å². The number of hydrogen-bond acceptors (Lipinski definition) is 2. The SMILES string of the molecule is CCOC(=O)/C(C#Cc1ccccc1)=C/C#Cc1ccccc1. The first kappa shape index (κ1) is 16.1. The van der Waals surface area contributed by atoms with Crippen molar-refractivity contribution in [3.05, 3.63) is 83.4 Å². The van der Waals surface area contributed by atoms with E-state index in [1.54, 1.807) is 6.92 Å². The molecule has 0 aliphatic carbocycles. The van der Waals surface area contributed by atoms with Crippen LogP contribution in [0.25, 0.3) is 0 Å². The number of rotatable bonds is 2. The normalized spacial score (nSPS) is 9.87. The van der Waals surface area contributed by atoms with Gasteiger partial charge in [0.2, 0.25) is 0 Å². The summed E-state index contributed by atoms with van der Waals surface area (Å²) in [4.78, 5) is 11.9. The van der Waals surface area contributed by atoms with Crippen molar-refractivity contribution in [2.24, 2.45) is 0 Å². The van der Waals surface area contributed by atoms with E-state index in [0.717, 1.165) is 11.1 Å². The van der Waals surface area contributed by atoms with Crippen LogP contribution in [0, 0.1) is 23.7 Å². The summed E-state index contributed by atoms with van der Waals surface area (Å²) >= 11 is 0. The standard InChI is InChI=1S/C21H16O2/c1-2-23-21(22)20(17-16-19-12-7-4-8-13-19)15-9-14-18-10-5-3-6-11-18/h3-8,10-13,15H,2H2,1H3/b20-15+. The van der Waals surface area contributed by atoms with Crippen LogP contribution in [0.1, 0.15) is 18.1 Å². The molecule has 0 unspecified atom stereocenters. The number of benzene rings is 2. The molecule has 0 saturated carbocycles. The maximum Gasteiger partial charge on any atom is 0.347 e. The molecule has 0 amide bonds. The Morgan fingerprint density at radius 3 is 2.09 bits per heavy atom. The lowest BCUT2D eigenvalue weighted by Crippen LogP contribution is -2.06. The second kappa shape index (κ2) is 8.93. The molecule has 0 aliphatic rings. The van der Waals surface area contributed by atoms with Gasteiger partial charge in [0.05, 0.1) is 6.61 Å². The maximum absolute atomic E-state index is 11.9. The number of carbonyl (C=O) groups excluding carboxylic acids is 1. The fourth-order valence-corrected chi connectivity index (χ4v) is 1.73. The van der Waals surface area contributed by atoms with Gasteiger partial charge in [0.25, 0.3) is 0 Å². The van der Waals surface area contributed by atoms with Crippen molar-refractivity contribution < 1.29 is 9.53 Å². The lowest BCUT2D eigenvalue weighted by Gasteiger charge is -1.98. The van der Waals surface area contributed by atoms with E-state index in [1.807, 2.05) is 60.7 Å². The Morgan fingerprint density at radius 2 is 1.52 bits per heavy atom. The molecule has 2 aromatic carbocycles. The molecule has 2 rings (SSSR count). The van der Waals surface area contributed by atoms with Crippen LogP contribution in [0.3, 0.4) is 0 Å². The number of carbonyl (C=O) groups is 1. The molecule has 0 heterocycles. The molecule has 0 saturated heterocycles. The molecule has 0 atom stereocenters. The Kier molecular flexibility index (Phi) is 6.27. The van der Waals surface area contributed by atoms with Crippen molar-refractivity contribution in [2.75, 3.05) is 6.61 Å².